The van der Waals surface area contributed by atoms with Gasteiger partial charge in [0.15, 0.2) is 0 Å². The molecule has 4 nitrogen and oxygen atoms in total. The smallest absolute Gasteiger partial charge is 0.0159 e. The summed E-state index contributed by atoms with van der Waals surface area (Å²) in [6.07, 6.45) is 2.25. The second-order valence-corrected chi connectivity index (χ2v) is 3.20. The van der Waals surface area contributed by atoms with Crippen LogP contribution in [0, 0.1) is 0 Å². The summed E-state index contributed by atoms with van der Waals surface area (Å²) in [5, 5.41) is 13.5. The van der Waals surface area contributed by atoms with Crippen molar-refractivity contribution < 1.29 is 9.59 Å². The van der Waals surface area contributed by atoms with Crippen LogP contribution in [0.2, 0.25) is 0 Å². The van der Waals surface area contributed by atoms with Gasteiger partial charge in [-0.05, 0) is 12.2 Å². The topological polar surface area (TPSA) is 78.7 Å². The molecule has 2 aromatic rings. The van der Waals surface area contributed by atoms with Gasteiger partial charge < -0.3 is 10.8 Å². The normalized spacial score (nSPS) is 6.19. The highest BCUT2D eigenvalue weighted by Crippen LogP contribution is 1.80. The monoisotopic (exact) mass is 284 g/mol. The van der Waals surface area contributed by atoms with Crippen LogP contribution in [0.5, 0.6) is 0 Å². The van der Waals surface area contributed by atoms with Gasteiger partial charge >= 0.3 is 0 Å². The Hall–Kier alpha value is -2.80. The molecule has 0 amide bonds. The van der Waals surface area contributed by atoms with Crippen LogP contribution < -0.4 is 0 Å². The van der Waals surface area contributed by atoms with Gasteiger partial charge in [0.05, 0.1) is 0 Å². The van der Waals surface area contributed by atoms with Crippen LogP contribution in [-0.4, -0.2) is 12.2 Å². The molecule has 0 aliphatic carbocycles. The van der Waals surface area contributed by atoms with E-state index in [1.807, 2.05) is 72.8 Å². The standard InChI is InChI=1S/2C6H6.C3H8.2CNO/c2*1-2-4-6-5-3-1;1-3-2;2*2-1-3/h2*1-6H;3H2,1-2H3;;/q;;;2*-1. The molecule has 0 bridgehead atoms. The summed E-state index contributed by atoms with van der Waals surface area (Å²) in [7, 11) is 0. The van der Waals surface area contributed by atoms with E-state index in [4.69, 9.17) is 20.4 Å². The summed E-state index contributed by atoms with van der Waals surface area (Å²) in [5.74, 6) is 0. The minimum Gasteiger partial charge on any atom is -0.724 e. The highest BCUT2D eigenvalue weighted by atomic mass is 16.1. The van der Waals surface area contributed by atoms with Crippen molar-refractivity contribution >= 4 is 12.2 Å². The quantitative estimate of drug-likeness (QED) is 0.524. The zero-order valence-corrected chi connectivity index (χ0v) is 12.3. The van der Waals surface area contributed by atoms with Crippen molar-refractivity contribution in [3.05, 3.63) is 83.6 Å². The Morgan fingerprint density at radius 3 is 0.667 bits per heavy atom. The van der Waals surface area contributed by atoms with Crippen LogP contribution in [-0.2, 0) is 9.59 Å². The number of rotatable bonds is 0. The third-order valence-electron chi connectivity index (χ3n) is 1.33. The summed E-state index contributed by atoms with van der Waals surface area (Å²) in [6.45, 7) is 4.25. The molecule has 112 valence electrons. The van der Waals surface area contributed by atoms with E-state index in [-0.39, 0.29) is 0 Å². The van der Waals surface area contributed by atoms with Gasteiger partial charge in [0.2, 0.25) is 0 Å². The van der Waals surface area contributed by atoms with E-state index in [0.717, 1.165) is 0 Å². The molecular formula is C17H20N2O2-2. The minimum atomic E-state index is 0.500. The Balaban J connectivity index is -0.000000204. The predicted octanol–water partition coefficient (Wildman–Crippen LogP) is 4.57. The highest BCUT2D eigenvalue weighted by Gasteiger charge is 1.58. The van der Waals surface area contributed by atoms with E-state index in [2.05, 4.69) is 13.8 Å². The van der Waals surface area contributed by atoms with Gasteiger partial charge in [-0.25, -0.2) is 0 Å². The molecule has 0 saturated carbocycles. The first kappa shape index (κ1) is 23.3. The molecule has 4 heteroatoms. The maximum Gasteiger partial charge on any atom is -0.0159 e. The van der Waals surface area contributed by atoms with Crippen LogP contribution in [0.15, 0.2) is 72.8 Å². The Labute approximate surface area is 126 Å². The fourth-order valence-corrected chi connectivity index (χ4v) is 0.770. The first-order valence-electron chi connectivity index (χ1n) is 6.27. The molecular weight excluding hydrogens is 264 g/mol. The Bertz CT molecular complexity index is 336. The molecule has 0 unspecified atom stereocenters. The Morgan fingerprint density at radius 2 is 0.619 bits per heavy atom. The second-order valence-electron chi connectivity index (χ2n) is 3.20. The second kappa shape index (κ2) is 30.3. The number of benzene rings is 2. The SMILES string of the molecule is CCC.[N-]=C=O.[N-]=C=O.c1ccccc1.c1ccccc1. The number of nitrogens with zero attached hydrogens (tertiary/aromatic N) is 2. The van der Waals surface area contributed by atoms with Gasteiger partial charge in [0.1, 0.15) is 0 Å². The highest BCUT2D eigenvalue weighted by molar-refractivity contribution is 5.37. The third kappa shape index (κ3) is 47.0. The van der Waals surface area contributed by atoms with Crippen LogP contribution in [0.1, 0.15) is 20.3 Å². The number of hydrogen-bond donors (Lipinski definition) is 0. The molecule has 0 heterocycles. The van der Waals surface area contributed by atoms with Gasteiger partial charge in [-0.1, -0.05) is 93.1 Å². The van der Waals surface area contributed by atoms with E-state index in [1.54, 1.807) is 0 Å². The molecule has 0 fully saturated rings. The van der Waals surface area contributed by atoms with E-state index >= 15 is 0 Å². The average molecular weight is 284 g/mol. The Kier molecular flexibility index (Phi) is 33.7. The first-order valence-corrected chi connectivity index (χ1v) is 6.27. The molecule has 0 aliphatic heterocycles. The van der Waals surface area contributed by atoms with E-state index in [0.29, 0.717) is 12.2 Å². The molecule has 2 aromatic carbocycles. The minimum absolute atomic E-state index is 0.500. The molecule has 0 spiro atoms. The van der Waals surface area contributed by atoms with E-state index in [9.17, 15) is 0 Å². The van der Waals surface area contributed by atoms with Gasteiger partial charge in [-0.15, -0.1) is 0 Å². The van der Waals surface area contributed by atoms with Crippen molar-refractivity contribution in [3.8, 4) is 0 Å². The lowest BCUT2D eigenvalue weighted by atomic mass is 10.4. The molecule has 0 saturated heterocycles. The van der Waals surface area contributed by atoms with E-state index in [1.165, 1.54) is 6.42 Å². The summed E-state index contributed by atoms with van der Waals surface area (Å²) >= 11 is 0. The van der Waals surface area contributed by atoms with Gasteiger partial charge in [-0.2, -0.15) is 0 Å². The third-order valence-corrected chi connectivity index (χ3v) is 1.33. The van der Waals surface area contributed by atoms with Gasteiger partial charge in [-0.3, -0.25) is 9.59 Å². The summed E-state index contributed by atoms with van der Waals surface area (Å²) in [5.41, 5.74) is 0. The van der Waals surface area contributed by atoms with Crippen molar-refractivity contribution in [1.82, 2.24) is 0 Å². The zero-order chi connectivity index (χ0) is 16.6. The number of hydrogen-bond acceptors (Lipinski definition) is 2. The van der Waals surface area contributed by atoms with Crippen molar-refractivity contribution in [1.29, 1.82) is 0 Å². The molecule has 2 rings (SSSR count). The molecule has 0 atom stereocenters. The molecule has 0 N–H and O–H groups in total. The number of carbonyl (C=O) groups excluding carboxylic acids is 2. The average Bonchev–Trinajstić information content (AvgIpc) is 2.54. The lowest BCUT2D eigenvalue weighted by Gasteiger charge is -1.69. The number of isocyanates is 2. The molecule has 21 heavy (non-hydrogen) atoms. The van der Waals surface area contributed by atoms with Crippen molar-refractivity contribution in [2.75, 3.05) is 0 Å². The van der Waals surface area contributed by atoms with Crippen LogP contribution in [0.3, 0.4) is 0 Å². The predicted molar refractivity (Wildman–Crippen MR) is 87.0 cm³/mol. The molecule has 0 aromatic heterocycles. The van der Waals surface area contributed by atoms with Crippen molar-refractivity contribution in [2.24, 2.45) is 0 Å². The molecule has 0 aliphatic rings. The van der Waals surface area contributed by atoms with E-state index < -0.39 is 0 Å². The van der Waals surface area contributed by atoms with Gasteiger partial charge in [0, 0.05) is 0 Å². The van der Waals surface area contributed by atoms with Crippen molar-refractivity contribution in [2.45, 2.75) is 20.3 Å². The van der Waals surface area contributed by atoms with Crippen LogP contribution in [0.25, 0.3) is 10.8 Å². The van der Waals surface area contributed by atoms with Crippen LogP contribution in [0.4, 0.5) is 0 Å². The maximum atomic E-state index is 8.24. The maximum absolute atomic E-state index is 8.24. The van der Waals surface area contributed by atoms with Gasteiger partial charge in [0.25, 0.3) is 0 Å². The summed E-state index contributed by atoms with van der Waals surface area (Å²) in [6, 6.07) is 24.0. The first-order chi connectivity index (χ1) is 10.2. The largest absolute Gasteiger partial charge is 0.724 e. The zero-order valence-electron chi connectivity index (χ0n) is 12.3. The summed E-state index contributed by atoms with van der Waals surface area (Å²) < 4.78 is 0. The van der Waals surface area contributed by atoms with Crippen molar-refractivity contribution in [3.63, 3.8) is 0 Å². The summed E-state index contributed by atoms with van der Waals surface area (Å²) in [4.78, 5) is 16.5. The fraction of sp³-hybridized carbons (Fsp3) is 0.176. The Morgan fingerprint density at radius 1 is 0.571 bits per heavy atom. The fourth-order valence-electron chi connectivity index (χ4n) is 0.770. The lowest BCUT2D eigenvalue weighted by molar-refractivity contribution is 0.568. The molecule has 0 radical (unpaired) electrons. The lowest BCUT2D eigenvalue weighted by Crippen LogP contribution is -1.47. The van der Waals surface area contributed by atoms with Crippen LogP contribution >= 0.6 is 0 Å².